The van der Waals surface area contributed by atoms with Crippen molar-refractivity contribution in [2.45, 2.75) is 107 Å². The van der Waals surface area contributed by atoms with Crippen LogP contribution in [0.3, 0.4) is 0 Å². The van der Waals surface area contributed by atoms with E-state index in [0.717, 1.165) is 11.8 Å². The van der Waals surface area contributed by atoms with Gasteiger partial charge in [-0.1, -0.05) is 37.3 Å². The third-order valence-electron chi connectivity index (χ3n) is 10.7. The van der Waals surface area contributed by atoms with Gasteiger partial charge in [0.2, 0.25) is 27.7 Å². The zero-order valence-electron chi connectivity index (χ0n) is 32.3. The number of nitrogens with zero attached hydrogens (tertiary/aromatic N) is 2. The van der Waals surface area contributed by atoms with Gasteiger partial charge in [-0.3, -0.25) is 19.1 Å². The molecule has 3 N–H and O–H groups in total. The number of sulfonamides is 1. The van der Waals surface area contributed by atoms with E-state index in [1.165, 1.54) is 12.0 Å². The number of nitrogens with one attached hydrogen (secondary N) is 3. The summed E-state index contributed by atoms with van der Waals surface area (Å²) in [6, 6.07) is 5.09. The number of hydrogen-bond acceptors (Lipinski definition) is 11. The quantitative estimate of drug-likeness (QED) is 0.315. The molecule has 7 atom stereocenters. The lowest BCUT2D eigenvalue weighted by Gasteiger charge is -2.34. The molecule has 4 aliphatic rings. The SMILES string of the molecule is COC[C@@H]1C[C@H](C)CC/C=C\[C@@H]2C[C@@]2(C(=O)NS(=O)(=O)C2CC2)NC(=O)[C@@H]2C[C@@H](Oc3ncc(OC)c4ccccc34)CN2C(=O)[C@H]1NC(=O)OC(C)(C)C. The smallest absolute Gasteiger partial charge is 0.408 e. The molecule has 2 aliphatic heterocycles. The van der Waals surface area contributed by atoms with Crippen molar-refractivity contribution in [3.8, 4) is 11.6 Å². The monoisotopic (exact) mass is 783 g/mol. The first-order chi connectivity index (χ1) is 26.0. The van der Waals surface area contributed by atoms with Crippen LogP contribution in [0, 0.1) is 17.8 Å². The number of aromatic nitrogens is 1. The average Bonchev–Trinajstić information content (AvgIpc) is 4.05. The molecule has 300 valence electrons. The Morgan fingerprint density at radius 2 is 1.80 bits per heavy atom. The zero-order chi connectivity index (χ0) is 39.7. The summed E-state index contributed by atoms with van der Waals surface area (Å²) < 4.78 is 51.2. The van der Waals surface area contributed by atoms with Gasteiger partial charge >= 0.3 is 6.09 Å². The summed E-state index contributed by atoms with van der Waals surface area (Å²) in [5.41, 5.74) is -2.38. The number of fused-ring (bicyclic) bond motifs is 3. The van der Waals surface area contributed by atoms with Crippen molar-refractivity contribution in [1.29, 1.82) is 0 Å². The molecule has 1 saturated heterocycles. The Kier molecular flexibility index (Phi) is 11.7. The lowest BCUT2D eigenvalue weighted by Crippen LogP contribution is -2.59. The number of alkyl carbamates (subject to hydrolysis) is 1. The molecule has 3 heterocycles. The third-order valence-corrected chi connectivity index (χ3v) is 12.5. The first kappa shape index (κ1) is 40.2. The number of benzene rings is 1. The van der Waals surface area contributed by atoms with Gasteiger partial charge in [0.15, 0.2) is 0 Å². The molecular weight excluding hydrogens is 731 g/mol. The molecule has 0 unspecified atom stereocenters. The van der Waals surface area contributed by atoms with Gasteiger partial charge < -0.3 is 34.5 Å². The fraction of sp³-hybridized carbons (Fsp3) is 0.615. The highest BCUT2D eigenvalue weighted by atomic mass is 32.2. The standard InChI is InChI=1S/C39H53N5O10S/c1-23-11-7-8-12-25-19-39(25,36(47)43-55(49,50)27-15-16-27)42-33(45)30-18-26(53-34-29-14-10-9-13-28(29)31(52-6)20-40-34)21-44(30)35(46)32(24(17-23)22-51-5)41-37(48)54-38(2,3)4/h8-10,12-14,20,23-27,30,32H,7,11,15-19,21-22H2,1-6H3,(H,41,48)(H,42,45)(H,43,47)/b12-8-/t23-,24+,25-,26-,30+,32+,39-/m1/s1. The first-order valence-electron chi connectivity index (χ1n) is 19.0. The Balaban J connectivity index is 1.37. The van der Waals surface area contributed by atoms with E-state index in [9.17, 15) is 27.6 Å². The van der Waals surface area contributed by atoms with E-state index in [1.54, 1.807) is 34.1 Å². The largest absolute Gasteiger partial charge is 0.494 e. The number of allylic oxidation sites excluding steroid dienone is 1. The molecule has 55 heavy (non-hydrogen) atoms. The van der Waals surface area contributed by atoms with E-state index in [-0.39, 0.29) is 37.8 Å². The number of hydrogen-bond donors (Lipinski definition) is 3. The van der Waals surface area contributed by atoms with E-state index in [1.807, 2.05) is 36.4 Å². The second-order valence-corrected chi connectivity index (χ2v) is 18.3. The van der Waals surface area contributed by atoms with Gasteiger partial charge in [0.05, 0.1) is 31.7 Å². The van der Waals surface area contributed by atoms with E-state index in [0.29, 0.717) is 36.8 Å². The summed E-state index contributed by atoms with van der Waals surface area (Å²) in [5, 5.41) is 6.48. The second kappa shape index (κ2) is 16.0. The Morgan fingerprint density at radius 3 is 2.47 bits per heavy atom. The van der Waals surface area contributed by atoms with Crippen molar-refractivity contribution in [1.82, 2.24) is 25.2 Å². The van der Waals surface area contributed by atoms with E-state index in [2.05, 4.69) is 27.3 Å². The summed E-state index contributed by atoms with van der Waals surface area (Å²) in [7, 11) is -0.839. The Bertz CT molecular complexity index is 1930. The van der Waals surface area contributed by atoms with Crippen LogP contribution in [-0.4, -0.2) is 104 Å². The maximum atomic E-state index is 14.9. The van der Waals surface area contributed by atoms with Crippen molar-refractivity contribution in [3.05, 3.63) is 42.6 Å². The second-order valence-electron chi connectivity index (χ2n) is 16.3. The molecule has 6 rings (SSSR count). The Hall–Kier alpha value is -4.44. The number of ether oxygens (including phenoxy) is 4. The number of carbonyl (C=O) groups excluding carboxylic acids is 4. The van der Waals surface area contributed by atoms with Crippen LogP contribution in [0.1, 0.15) is 72.6 Å². The lowest BCUT2D eigenvalue weighted by molar-refractivity contribution is -0.142. The summed E-state index contributed by atoms with van der Waals surface area (Å²) in [6.45, 7) is 7.30. The minimum Gasteiger partial charge on any atom is -0.494 e. The minimum absolute atomic E-state index is 0.0166. The van der Waals surface area contributed by atoms with Crippen molar-refractivity contribution in [2.24, 2.45) is 17.8 Å². The number of methoxy groups -OCH3 is 2. The van der Waals surface area contributed by atoms with E-state index < -0.39 is 80.3 Å². The zero-order valence-corrected chi connectivity index (χ0v) is 33.1. The number of amides is 4. The molecule has 2 saturated carbocycles. The highest BCUT2D eigenvalue weighted by Crippen LogP contribution is 2.46. The molecule has 1 aromatic heterocycles. The van der Waals surface area contributed by atoms with Gasteiger partial charge in [-0.25, -0.2) is 18.2 Å². The third kappa shape index (κ3) is 9.17. The molecule has 3 fully saturated rings. The van der Waals surface area contributed by atoms with Gasteiger partial charge in [0.25, 0.3) is 5.91 Å². The highest BCUT2D eigenvalue weighted by Gasteiger charge is 2.62. The first-order valence-corrected chi connectivity index (χ1v) is 20.5. The van der Waals surface area contributed by atoms with Crippen LogP contribution in [0.4, 0.5) is 4.79 Å². The van der Waals surface area contributed by atoms with Gasteiger partial charge in [-0.15, -0.1) is 0 Å². The molecule has 16 heteroatoms. The summed E-state index contributed by atoms with van der Waals surface area (Å²) >= 11 is 0. The molecule has 0 bridgehead atoms. The lowest BCUT2D eigenvalue weighted by atomic mass is 9.87. The van der Waals surface area contributed by atoms with Crippen LogP contribution < -0.4 is 24.8 Å². The summed E-state index contributed by atoms with van der Waals surface area (Å²) in [5.74, 6) is -2.04. The number of pyridine rings is 1. The molecule has 2 aliphatic carbocycles. The van der Waals surface area contributed by atoms with Crippen molar-refractivity contribution in [2.75, 3.05) is 27.4 Å². The van der Waals surface area contributed by atoms with Crippen LogP contribution in [0.15, 0.2) is 42.6 Å². The van der Waals surface area contributed by atoms with Crippen LogP contribution in [0.5, 0.6) is 11.6 Å². The fourth-order valence-corrected chi connectivity index (χ4v) is 9.05. The molecule has 4 amide bonds. The molecular formula is C39H53N5O10S. The fourth-order valence-electron chi connectivity index (χ4n) is 7.68. The molecule has 0 spiro atoms. The van der Waals surface area contributed by atoms with Crippen LogP contribution in [0.25, 0.3) is 10.8 Å². The van der Waals surface area contributed by atoms with Gasteiger partial charge in [0, 0.05) is 36.1 Å². The Morgan fingerprint density at radius 1 is 1.07 bits per heavy atom. The predicted octanol–water partition coefficient (Wildman–Crippen LogP) is 3.61. The molecule has 1 aromatic carbocycles. The summed E-state index contributed by atoms with van der Waals surface area (Å²) in [6.07, 6.45) is 6.83. The number of rotatable bonds is 9. The van der Waals surface area contributed by atoms with Crippen LogP contribution in [0.2, 0.25) is 0 Å². The maximum absolute atomic E-state index is 14.9. The van der Waals surface area contributed by atoms with E-state index in [4.69, 9.17) is 18.9 Å². The van der Waals surface area contributed by atoms with Crippen molar-refractivity contribution < 1.29 is 46.5 Å². The van der Waals surface area contributed by atoms with Crippen LogP contribution >= 0.6 is 0 Å². The molecule has 15 nitrogen and oxygen atoms in total. The normalized spacial score (nSPS) is 29.5. The van der Waals surface area contributed by atoms with Crippen LogP contribution in [-0.2, 0) is 33.9 Å². The van der Waals surface area contributed by atoms with Crippen molar-refractivity contribution in [3.63, 3.8) is 0 Å². The number of carbonyl (C=O) groups is 4. The maximum Gasteiger partial charge on any atom is 0.408 e. The highest BCUT2D eigenvalue weighted by molar-refractivity contribution is 7.91. The van der Waals surface area contributed by atoms with Crippen molar-refractivity contribution >= 4 is 44.6 Å². The summed E-state index contributed by atoms with van der Waals surface area (Å²) in [4.78, 5) is 62.5. The van der Waals surface area contributed by atoms with Gasteiger partial charge in [-0.05, 0) is 71.3 Å². The predicted molar refractivity (Wildman–Crippen MR) is 203 cm³/mol. The van der Waals surface area contributed by atoms with E-state index >= 15 is 0 Å². The molecule has 0 radical (unpaired) electrons. The van der Waals surface area contributed by atoms with Gasteiger partial charge in [-0.2, -0.15) is 0 Å². The topological polar surface area (TPSA) is 192 Å². The Labute approximate surface area is 322 Å². The van der Waals surface area contributed by atoms with Gasteiger partial charge in [0.1, 0.15) is 35.1 Å². The molecule has 2 aromatic rings. The minimum atomic E-state index is -3.91. The average molecular weight is 784 g/mol.